The number of benzene rings is 1. The number of halogens is 1. The highest BCUT2D eigenvalue weighted by molar-refractivity contribution is 6.31. The van der Waals surface area contributed by atoms with Crippen LogP contribution in [0.2, 0.25) is 5.02 Å². The van der Waals surface area contributed by atoms with E-state index >= 15 is 0 Å². The summed E-state index contributed by atoms with van der Waals surface area (Å²) in [5, 5.41) is 5.02. The minimum absolute atomic E-state index is 0.553. The summed E-state index contributed by atoms with van der Waals surface area (Å²) in [6.45, 7) is 3.77. The molecule has 0 bridgehead atoms. The van der Waals surface area contributed by atoms with Gasteiger partial charge in [-0.3, -0.25) is 0 Å². The van der Waals surface area contributed by atoms with E-state index in [1.165, 1.54) is 0 Å². The van der Waals surface area contributed by atoms with Crippen LogP contribution >= 0.6 is 11.6 Å². The first-order chi connectivity index (χ1) is 8.06. The molecule has 17 heavy (non-hydrogen) atoms. The second-order valence-electron chi connectivity index (χ2n) is 3.79. The van der Waals surface area contributed by atoms with Crippen LogP contribution in [0.4, 0.5) is 5.69 Å². The van der Waals surface area contributed by atoms with Crippen LogP contribution in [-0.4, -0.2) is 16.9 Å². The van der Waals surface area contributed by atoms with Crippen molar-refractivity contribution < 1.29 is 4.74 Å². The largest absolute Gasteiger partial charge is 0.495 e. The molecule has 5 heteroatoms. The zero-order chi connectivity index (χ0) is 12.6. The first-order valence-corrected chi connectivity index (χ1v) is 5.58. The first kappa shape index (κ1) is 11.8. The highest BCUT2D eigenvalue weighted by Crippen LogP contribution is 2.30. The lowest BCUT2D eigenvalue weighted by molar-refractivity contribution is 0.416. The molecule has 0 spiro atoms. The number of ether oxygens (including phenoxy) is 1. The quantitative estimate of drug-likeness (QED) is 0.835. The van der Waals surface area contributed by atoms with E-state index in [1.807, 2.05) is 32.0 Å². The number of hydrogen-bond donors (Lipinski definition) is 1. The van der Waals surface area contributed by atoms with Gasteiger partial charge < -0.3 is 10.5 Å². The summed E-state index contributed by atoms with van der Waals surface area (Å²) >= 11 is 6.12. The highest BCUT2D eigenvalue weighted by atomic mass is 35.5. The average Bonchev–Trinajstić information content (AvgIpc) is 2.57. The van der Waals surface area contributed by atoms with Gasteiger partial charge in [0.2, 0.25) is 0 Å². The van der Waals surface area contributed by atoms with Gasteiger partial charge in [-0.15, -0.1) is 0 Å². The van der Waals surface area contributed by atoms with Crippen LogP contribution in [0.25, 0.3) is 5.69 Å². The van der Waals surface area contributed by atoms with E-state index in [-0.39, 0.29) is 0 Å². The lowest BCUT2D eigenvalue weighted by Gasteiger charge is -2.11. The van der Waals surface area contributed by atoms with Gasteiger partial charge in [-0.1, -0.05) is 17.7 Å². The van der Waals surface area contributed by atoms with E-state index in [4.69, 9.17) is 22.1 Å². The Bertz CT molecular complexity index is 563. The number of rotatable bonds is 2. The van der Waals surface area contributed by atoms with Gasteiger partial charge in [-0.25, -0.2) is 4.68 Å². The summed E-state index contributed by atoms with van der Waals surface area (Å²) in [6, 6.07) is 5.56. The van der Waals surface area contributed by atoms with Crippen molar-refractivity contribution in [1.29, 1.82) is 0 Å². The predicted molar refractivity (Wildman–Crippen MR) is 69.0 cm³/mol. The van der Waals surface area contributed by atoms with E-state index in [0.29, 0.717) is 16.5 Å². The number of nitrogens with zero attached hydrogens (tertiary/aromatic N) is 2. The third-order valence-corrected chi connectivity index (χ3v) is 3.24. The molecule has 0 aliphatic carbocycles. The van der Waals surface area contributed by atoms with E-state index in [0.717, 1.165) is 17.1 Å². The van der Waals surface area contributed by atoms with Crippen LogP contribution in [0.1, 0.15) is 11.4 Å². The third-order valence-electron chi connectivity index (χ3n) is 2.69. The van der Waals surface area contributed by atoms with Gasteiger partial charge in [-0.05, 0) is 26.0 Å². The van der Waals surface area contributed by atoms with Crippen LogP contribution in [-0.2, 0) is 0 Å². The number of nitrogens with two attached hydrogens (primary N) is 1. The molecule has 0 saturated heterocycles. The number of aromatic nitrogens is 2. The van der Waals surface area contributed by atoms with Crippen LogP contribution in [0.3, 0.4) is 0 Å². The number of methoxy groups -OCH3 is 1. The van der Waals surface area contributed by atoms with E-state index < -0.39 is 0 Å². The molecular weight excluding hydrogens is 238 g/mol. The van der Waals surface area contributed by atoms with Crippen molar-refractivity contribution in [3.05, 3.63) is 34.6 Å². The fourth-order valence-electron chi connectivity index (χ4n) is 1.75. The molecule has 4 nitrogen and oxygen atoms in total. The number of hydrogen-bond acceptors (Lipinski definition) is 3. The summed E-state index contributed by atoms with van der Waals surface area (Å²) < 4.78 is 6.92. The van der Waals surface area contributed by atoms with Crippen LogP contribution < -0.4 is 10.5 Å². The molecule has 2 rings (SSSR count). The van der Waals surface area contributed by atoms with Crippen molar-refractivity contribution in [1.82, 2.24) is 9.78 Å². The Morgan fingerprint density at radius 3 is 2.59 bits per heavy atom. The van der Waals surface area contributed by atoms with E-state index in [1.54, 1.807) is 11.8 Å². The zero-order valence-corrected chi connectivity index (χ0v) is 10.7. The van der Waals surface area contributed by atoms with Crippen LogP contribution in [0.15, 0.2) is 18.2 Å². The van der Waals surface area contributed by atoms with Gasteiger partial charge in [-0.2, -0.15) is 5.10 Å². The molecule has 1 aromatic heterocycles. The number of aryl methyl sites for hydroxylation is 1. The van der Waals surface area contributed by atoms with Crippen molar-refractivity contribution in [2.45, 2.75) is 13.8 Å². The molecule has 0 atom stereocenters. The molecular formula is C12H14ClN3O. The van der Waals surface area contributed by atoms with Gasteiger partial charge >= 0.3 is 0 Å². The maximum Gasteiger partial charge on any atom is 0.143 e. The second kappa shape index (κ2) is 4.30. The third kappa shape index (κ3) is 1.85. The monoisotopic (exact) mass is 251 g/mol. The van der Waals surface area contributed by atoms with Crippen molar-refractivity contribution in [2.75, 3.05) is 12.8 Å². The molecule has 1 aromatic carbocycles. The minimum atomic E-state index is 0.553. The van der Waals surface area contributed by atoms with Gasteiger partial charge in [0.25, 0.3) is 0 Å². The second-order valence-corrected chi connectivity index (χ2v) is 4.17. The Morgan fingerprint density at radius 1 is 1.35 bits per heavy atom. The van der Waals surface area contributed by atoms with Gasteiger partial charge in [0, 0.05) is 0 Å². The van der Waals surface area contributed by atoms with Crippen LogP contribution in [0, 0.1) is 13.8 Å². The van der Waals surface area contributed by atoms with Crippen LogP contribution in [0.5, 0.6) is 5.75 Å². The standard InChI is InChI=1S/C12H14ClN3O/c1-7-11(13)8(2)16(15-7)9-5-4-6-10(17-3)12(9)14/h4-6H,14H2,1-3H3. The SMILES string of the molecule is COc1cccc(-n2nc(C)c(Cl)c2C)c1N. The average molecular weight is 252 g/mol. The number of para-hydroxylation sites is 1. The van der Waals surface area contributed by atoms with Gasteiger partial charge in [0.05, 0.1) is 29.2 Å². The lowest BCUT2D eigenvalue weighted by Crippen LogP contribution is -2.04. The smallest absolute Gasteiger partial charge is 0.143 e. The molecule has 0 aliphatic heterocycles. The Labute approximate surface area is 105 Å². The van der Waals surface area contributed by atoms with Gasteiger partial charge in [0.15, 0.2) is 0 Å². The molecule has 0 unspecified atom stereocenters. The Hall–Kier alpha value is -1.68. The topological polar surface area (TPSA) is 53.1 Å². The summed E-state index contributed by atoms with van der Waals surface area (Å²) in [7, 11) is 1.59. The fourth-order valence-corrected chi connectivity index (χ4v) is 1.87. The zero-order valence-electron chi connectivity index (χ0n) is 9.99. The first-order valence-electron chi connectivity index (χ1n) is 5.20. The number of nitrogen functional groups attached to an aromatic ring is 1. The summed E-state index contributed by atoms with van der Waals surface area (Å²) in [5.41, 5.74) is 9.00. The molecule has 1 heterocycles. The Balaban J connectivity index is 2.64. The van der Waals surface area contributed by atoms with E-state index in [2.05, 4.69) is 5.10 Å². The summed E-state index contributed by atoms with van der Waals surface area (Å²) in [5.74, 6) is 0.631. The Kier molecular flexibility index (Phi) is 2.98. The van der Waals surface area contributed by atoms with E-state index in [9.17, 15) is 0 Å². The minimum Gasteiger partial charge on any atom is -0.495 e. The lowest BCUT2D eigenvalue weighted by atomic mass is 10.2. The Morgan fingerprint density at radius 2 is 2.06 bits per heavy atom. The number of anilines is 1. The molecule has 0 saturated carbocycles. The predicted octanol–water partition coefficient (Wildman–Crippen LogP) is 2.73. The molecule has 0 aliphatic rings. The molecule has 0 radical (unpaired) electrons. The summed E-state index contributed by atoms with van der Waals surface area (Å²) in [6.07, 6.45) is 0. The molecule has 90 valence electrons. The van der Waals surface area contributed by atoms with Crippen molar-refractivity contribution >= 4 is 17.3 Å². The maximum atomic E-state index is 6.12. The molecule has 0 amide bonds. The fraction of sp³-hybridized carbons (Fsp3) is 0.250. The van der Waals surface area contributed by atoms with Crippen molar-refractivity contribution in [3.63, 3.8) is 0 Å². The van der Waals surface area contributed by atoms with Crippen molar-refractivity contribution in [2.24, 2.45) is 0 Å². The normalized spacial score (nSPS) is 10.6. The molecule has 2 aromatic rings. The molecule has 0 fully saturated rings. The van der Waals surface area contributed by atoms with Gasteiger partial charge in [0.1, 0.15) is 11.4 Å². The highest BCUT2D eigenvalue weighted by Gasteiger charge is 2.14. The summed E-state index contributed by atoms with van der Waals surface area (Å²) in [4.78, 5) is 0. The molecule has 2 N–H and O–H groups in total. The van der Waals surface area contributed by atoms with Crippen molar-refractivity contribution in [3.8, 4) is 11.4 Å². The maximum absolute atomic E-state index is 6.12.